The molecular weight excluding hydrogens is 291 g/mol. The molecule has 3 N–H and O–H groups in total. The van der Waals surface area contributed by atoms with E-state index in [4.69, 9.17) is 5.84 Å². The third-order valence-corrected chi connectivity index (χ3v) is 6.05. The molecule has 21 heavy (non-hydrogen) atoms. The Balaban J connectivity index is 2.24. The van der Waals surface area contributed by atoms with E-state index in [1.165, 1.54) is 12.3 Å². The maximum absolute atomic E-state index is 14.2. The summed E-state index contributed by atoms with van der Waals surface area (Å²) in [7, 11) is -3.06. The van der Waals surface area contributed by atoms with Crippen molar-refractivity contribution >= 4 is 9.84 Å². The SMILES string of the molecule is Cc1ccc(C(NN)C2CCCC(S(C)(=O)=O)C2)c(F)c1. The van der Waals surface area contributed by atoms with E-state index in [9.17, 15) is 12.8 Å². The number of rotatable bonds is 4. The number of nitrogens with two attached hydrogens (primary N) is 1. The highest BCUT2D eigenvalue weighted by Gasteiger charge is 2.34. The first-order valence-corrected chi connectivity index (χ1v) is 9.19. The molecule has 6 heteroatoms. The lowest BCUT2D eigenvalue weighted by Gasteiger charge is -2.34. The molecule has 0 amide bonds. The zero-order chi connectivity index (χ0) is 15.6. The van der Waals surface area contributed by atoms with Crippen molar-refractivity contribution in [3.63, 3.8) is 0 Å². The van der Waals surface area contributed by atoms with Crippen LogP contribution in [0, 0.1) is 18.7 Å². The summed E-state index contributed by atoms with van der Waals surface area (Å²) in [6, 6.07) is 4.71. The molecule has 0 aromatic heterocycles. The molecule has 1 aliphatic rings. The van der Waals surface area contributed by atoms with Gasteiger partial charge in [0.2, 0.25) is 0 Å². The normalized spacial score (nSPS) is 24.8. The number of nitrogens with one attached hydrogen (secondary N) is 1. The predicted molar refractivity (Wildman–Crippen MR) is 81.8 cm³/mol. The fraction of sp³-hybridized carbons (Fsp3) is 0.600. The van der Waals surface area contributed by atoms with E-state index in [2.05, 4.69) is 5.43 Å². The maximum atomic E-state index is 14.2. The number of benzene rings is 1. The van der Waals surface area contributed by atoms with Crippen molar-refractivity contribution in [2.75, 3.05) is 6.26 Å². The van der Waals surface area contributed by atoms with Crippen LogP contribution in [0.1, 0.15) is 42.9 Å². The summed E-state index contributed by atoms with van der Waals surface area (Å²) < 4.78 is 37.7. The lowest BCUT2D eigenvalue weighted by Crippen LogP contribution is -2.38. The molecule has 1 fully saturated rings. The van der Waals surface area contributed by atoms with Crippen molar-refractivity contribution in [1.29, 1.82) is 0 Å². The molecule has 0 bridgehead atoms. The van der Waals surface area contributed by atoms with Crippen LogP contribution in [-0.4, -0.2) is 19.9 Å². The maximum Gasteiger partial charge on any atom is 0.150 e. The van der Waals surface area contributed by atoms with Crippen molar-refractivity contribution in [1.82, 2.24) is 5.43 Å². The monoisotopic (exact) mass is 314 g/mol. The molecule has 0 spiro atoms. The van der Waals surface area contributed by atoms with Crippen LogP contribution in [0.25, 0.3) is 0 Å². The van der Waals surface area contributed by atoms with E-state index in [-0.39, 0.29) is 23.0 Å². The van der Waals surface area contributed by atoms with Crippen molar-refractivity contribution < 1.29 is 12.8 Å². The van der Waals surface area contributed by atoms with Crippen LogP contribution in [0.2, 0.25) is 0 Å². The number of sulfone groups is 1. The lowest BCUT2D eigenvalue weighted by atomic mass is 9.81. The Kier molecular flexibility index (Phi) is 5.01. The van der Waals surface area contributed by atoms with E-state index < -0.39 is 9.84 Å². The second kappa shape index (κ2) is 6.42. The standard InChI is InChI=1S/C15H23FN2O2S/c1-10-6-7-13(14(16)8-10)15(18-17)11-4-3-5-12(9-11)21(2,19)20/h6-8,11-12,15,18H,3-5,9,17H2,1-2H3. The summed E-state index contributed by atoms with van der Waals surface area (Å²) in [5, 5.41) is -0.347. The van der Waals surface area contributed by atoms with E-state index in [0.717, 1.165) is 18.4 Å². The van der Waals surface area contributed by atoms with E-state index in [0.29, 0.717) is 18.4 Å². The third kappa shape index (κ3) is 3.81. The molecule has 0 aliphatic heterocycles. The van der Waals surface area contributed by atoms with Gasteiger partial charge in [0, 0.05) is 11.8 Å². The topological polar surface area (TPSA) is 72.2 Å². The summed E-state index contributed by atoms with van der Waals surface area (Å²) in [6.07, 6.45) is 4.17. The average Bonchev–Trinajstić information content (AvgIpc) is 2.41. The summed E-state index contributed by atoms with van der Waals surface area (Å²) in [5.74, 6) is 5.37. The van der Waals surface area contributed by atoms with Gasteiger partial charge in [-0.3, -0.25) is 11.3 Å². The number of halogens is 1. The molecule has 1 aromatic rings. The van der Waals surface area contributed by atoms with Gasteiger partial charge in [-0.25, -0.2) is 12.8 Å². The first kappa shape index (κ1) is 16.4. The van der Waals surface area contributed by atoms with Gasteiger partial charge >= 0.3 is 0 Å². The predicted octanol–water partition coefficient (Wildman–Crippen LogP) is 2.24. The zero-order valence-corrected chi connectivity index (χ0v) is 13.3. The highest BCUT2D eigenvalue weighted by molar-refractivity contribution is 7.91. The molecular formula is C15H23FN2O2S. The molecule has 0 radical (unpaired) electrons. The van der Waals surface area contributed by atoms with Crippen molar-refractivity contribution in [3.8, 4) is 0 Å². The molecule has 4 nitrogen and oxygen atoms in total. The summed E-state index contributed by atoms with van der Waals surface area (Å²) in [4.78, 5) is 0. The second-order valence-electron chi connectivity index (χ2n) is 6.05. The number of hydrazine groups is 1. The zero-order valence-electron chi connectivity index (χ0n) is 12.5. The Bertz CT molecular complexity index is 604. The highest BCUT2D eigenvalue weighted by Crippen LogP contribution is 2.37. The molecule has 3 atom stereocenters. The number of hydrogen-bond donors (Lipinski definition) is 2. The minimum absolute atomic E-state index is 0.0284. The molecule has 3 unspecified atom stereocenters. The van der Waals surface area contributed by atoms with Gasteiger partial charge in [-0.1, -0.05) is 18.6 Å². The Morgan fingerprint density at radius 1 is 1.38 bits per heavy atom. The van der Waals surface area contributed by atoms with Crippen LogP contribution >= 0.6 is 0 Å². The van der Waals surface area contributed by atoms with Gasteiger partial charge in [-0.2, -0.15) is 0 Å². The number of hydrogen-bond acceptors (Lipinski definition) is 4. The Morgan fingerprint density at radius 3 is 2.67 bits per heavy atom. The first-order valence-electron chi connectivity index (χ1n) is 7.24. The number of aryl methyl sites for hydroxylation is 1. The van der Waals surface area contributed by atoms with Crippen LogP contribution in [0.3, 0.4) is 0 Å². The Labute approximate surface area is 125 Å². The van der Waals surface area contributed by atoms with Crippen molar-refractivity contribution in [3.05, 3.63) is 35.1 Å². The molecule has 1 aromatic carbocycles. The summed E-state index contributed by atoms with van der Waals surface area (Å²) >= 11 is 0. The Hall–Kier alpha value is -0.980. The van der Waals surface area contributed by atoms with Gasteiger partial charge in [0.15, 0.2) is 0 Å². The highest BCUT2D eigenvalue weighted by atomic mass is 32.2. The van der Waals surface area contributed by atoms with E-state index in [1.54, 1.807) is 6.07 Å². The second-order valence-corrected chi connectivity index (χ2v) is 8.37. The fourth-order valence-electron chi connectivity index (χ4n) is 3.24. The van der Waals surface area contributed by atoms with Gasteiger partial charge in [0.1, 0.15) is 15.7 Å². The largest absolute Gasteiger partial charge is 0.271 e. The minimum atomic E-state index is -3.06. The molecule has 118 valence electrons. The molecule has 0 heterocycles. The van der Waals surface area contributed by atoms with Gasteiger partial charge < -0.3 is 0 Å². The van der Waals surface area contributed by atoms with Crippen molar-refractivity contribution in [2.45, 2.75) is 43.9 Å². The van der Waals surface area contributed by atoms with Crippen LogP contribution in [0.5, 0.6) is 0 Å². The van der Waals surface area contributed by atoms with E-state index >= 15 is 0 Å². The van der Waals surface area contributed by atoms with Crippen molar-refractivity contribution in [2.24, 2.45) is 11.8 Å². The van der Waals surface area contributed by atoms with Crippen LogP contribution in [-0.2, 0) is 9.84 Å². The first-order chi connectivity index (χ1) is 9.82. The van der Waals surface area contributed by atoms with Crippen LogP contribution < -0.4 is 11.3 Å². The lowest BCUT2D eigenvalue weighted by molar-refractivity contribution is 0.270. The summed E-state index contributed by atoms with van der Waals surface area (Å²) in [6.45, 7) is 1.83. The minimum Gasteiger partial charge on any atom is -0.271 e. The van der Waals surface area contributed by atoms with Gasteiger partial charge in [0.05, 0.1) is 11.3 Å². The molecule has 2 rings (SSSR count). The Morgan fingerprint density at radius 2 is 2.10 bits per heavy atom. The van der Waals surface area contributed by atoms with Gasteiger partial charge in [0.25, 0.3) is 0 Å². The van der Waals surface area contributed by atoms with Gasteiger partial charge in [-0.15, -0.1) is 0 Å². The average molecular weight is 314 g/mol. The quantitative estimate of drug-likeness (QED) is 0.660. The van der Waals surface area contributed by atoms with Crippen LogP contribution in [0.15, 0.2) is 18.2 Å². The van der Waals surface area contributed by atoms with E-state index in [1.807, 2.05) is 13.0 Å². The van der Waals surface area contributed by atoms with Crippen LogP contribution in [0.4, 0.5) is 4.39 Å². The molecule has 0 saturated heterocycles. The summed E-state index contributed by atoms with van der Waals surface area (Å²) in [5.41, 5.74) is 4.05. The smallest absolute Gasteiger partial charge is 0.150 e. The molecule has 1 aliphatic carbocycles. The third-order valence-electron chi connectivity index (χ3n) is 4.41. The molecule has 1 saturated carbocycles. The van der Waals surface area contributed by atoms with Gasteiger partial charge in [-0.05, 0) is 43.7 Å². The fourth-order valence-corrected chi connectivity index (χ4v) is 4.43.